The van der Waals surface area contributed by atoms with E-state index in [1.807, 2.05) is 9.80 Å². The summed E-state index contributed by atoms with van der Waals surface area (Å²) in [5, 5.41) is 5.55. The van der Waals surface area contributed by atoms with Crippen LogP contribution in [0.25, 0.3) is 0 Å². The van der Waals surface area contributed by atoms with E-state index in [9.17, 15) is 14.0 Å². The summed E-state index contributed by atoms with van der Waals surface area (Å²) in [5.74, 6) is 0.423. The lowest BCUT2D eigenvalue weighted by molar-refractivity contribution is -0.125. The summed E-state index contributed by atoms with van der Waals surface area (Å²) in [4.78, 5) is 33.6. The second kappa shape index (κ2) is 9.76. The van der Waals surface area contributed by atoms with Crippen LogP contribution in [0, 0.1) is 5.82 Å². The van der Waals surface area contributed by atoms with E-state index in [-0.39, 0.29) is 18.1 Å². The van der Waals surface area contributed by atoms with Gasteiger partial charge in [-0.05, 0) is 24.3 Å². The van der Waals surface area contributed by atoms with Crippen LogP contribution in [-0.4, -0.2) is 69.1 Å². The van der Waals surface area contributed by atoms with Crippen LogP contribution in [0.5, 0.6) is 11.5 Å². The zero-order valence-electron chi connectivity index (χ0n) is 18.5. The Labute approximate surface area is 191 Å². The number of carbonyl (C=O) groups excluding carboxylic acids is 2. The molecule has 9 nitrogen and oxygen atoms in total. The minimum Gasteiger partial charge on any atom is -0.497 e. The highest BCUT2D eigenvalue weighted by Gasteiger charge is 2.31. The molecular weight excluding hydrogens is 429 g/mol. The molecule has 2 aliphatic heterocycles. The number of methoxy groups -OCH3 is 2. The number of nitrogens with one attached hydrogen (secondary N) is 2. The second-order valence-electron chi connectivity index (χ2n) is 7.70. The summed E-state index contributed by atoms with van der Waals surface area (Å²) < 4.78 is 24.6. The van der Waals surface area contributed by atoms with Crippen molar-refractivity contribution in [1.29, 1.82) is 0 Å². The summed E-state index contributed by atoms with van der Waals surface area (Å²) in [6, 6.07) is 10.8. The molecule has 174 valence electrons. The maximum Gasteiger partial charge on any atom is 0.249 e. The van der Waals surface area contributed by atoms with Gasteiger partial charge in [-0.3, -0.25) is 14.9 Å². The Morgan fingerprint density at radius 1 is 1.09 bits per heavy atom. The van der Waals surface area contributed by atoms with Crippen LogP contribution in [0.2, 0.25) is 0 Å². The predicted molar refractivity (Wildman–Crippen MR) is 122 cm³/mol. The Kier molecular flexibility index (Phi) is 6.62. The van der Waals surface area contributed by atoms with E-state index >= 15 is 0 Å². The van der Waals surface area contributed by atoms with Crippen molar-refractivity contribution in [3.05, 3.63) is 48.3 Å². The fourth-order valence-corrected chi connectivity index (χ4v) is 3.88. The Hall–Kier alpha value is -3.82. The average molecular weight is 455 g/mol. The standard InChI is InChI=1S/C23H26FN5O4/c1-32-15-7-8-20(33-2)17(13-15)25-22(31)18-14-21(30)27-23(26-18)29-11-9-28(10-12-29)19-6-4-3-5-16(19)24/h3-8,13,18H,9-12,14H2,1-2H3,(H,25,31)(H,26,27,30)/t18-/m0/s1. The number of hydrogen-bond donors (Lipinski definition) is 2. The van der Waals surface area contributed by atoms with Gasteiger partial charge < -0.3 is 24.6 Å². The van der Waals surface area contributed by atoms with Gasteiger partial charge in [-0.15, -0.1) is 0 Å². The van der Waals surface area contributed by atoms with Crippen molar-refractivity contribution in [3.8, 4) is 11.5 Å². The van der Waals surface area contributed by atoms with E-state index in [2.05, 4.69) is 15.6 Å². The summed E-state index contributed by atoms with van der Waals surface area (Å²) in [6.07, 6.45) is -0.0587. The van der Waals surface area contributed by atoms with Gasteiger partial charge in [0.25, 0.3) is 0 Å². The van der Waals surface area contributed by atoms with Gasteiger partial charge in [0, 0.05) is 32.2 Å². The molecule has 2 heterocycles. The molecule has 0 bridgehead atoms. The Morgan fingerprint density at radius 3 is 2.52 bits per heavy atom. The number of hydrogen-bond acceptors (Lipinski definition) is 7. The molecule has 2 aromatic carbocycles. The first-order valence-corrected chi connectivity index (χ1v) is 10.6. The molecule has 0 spiro atoms. The molecule has 0 unspecified atom stereocenters. The Bertz CT molecular complexity index is 1070. The number of piperazine rings is 1. The van der Waals surface area contributed by atoms with Gasteiger partial charge in [0.2, 0.25) is 17.8 Å². The molecule has 4 rings (SSSR count). The Morgan fingerprint density at radius 2 is 1.82 bits per heavy atom. The summed E-state index contributed by atoms with van der Waals surface area (Å²) in [5.41, 5.74) is 0.986. The van der Waals surface area contributed by atoms with E-state index in [0.717, 1.165) is 0 Å². The van der Waals surface area contributed by atoms with Crippen molar-refractivity contribution in [2.24, 2.45) is 4.99 Å². The van der Waals surface area contributed by atoms with Crippen molar-refractivity contribution in [2.45, 2.75) is 12.5 Å². The molecule has 1 saturated heterocycles. The highest BCUT2D eigenvalue weighted by atomic mass is 19.1. The second-order valence-corrected chi connectivity index (χ2v) is 7.70. The number of para-hydroxylation sites is 1. The number of ether oxygens (including phenoxy) is 2. The molecule has 2 N–H and O–H groups in total. The fourth-order valence-electron chi connectivity index (χ4n) is 3.88. The molecule has 0 saturated carbocycles. The van der Waals surface area contributed by atoms with Crippen molar-refractivity contribution in [1.82, 2.24) is 10.2 Å². The molecule has 2 aliphatic rings. The summed E-state index contributed by atoms with van der Waals surface area (Å²) >= 11 is 0. The van der Waals surface area contributed by atoms with Crippen LogP contribution < -0.4 is 25.0 Å². The number of guanidine groups is 1. The summed E-state index contributed by atoms with van der Waals surface area (Å²) in [7, 11) is 3.03. The normalized spacial score (nSPS) is 18.3. The number of anilines is 2. The molecule has 1 fully saturated rings. The first kappa shape index (κ1) is 22.4. The van der Waals surface area contributed by atoms with Gasteiger partial charge in [-0.25, -0.2) is 9.38 Å². The first-order chi connectivity index (χ1) is 16.0. The average Bonchev–Trinajstić information content (AvgIpc) is 2.84. The number of nitrogens with zero attached hydrogens (tertiary/aromatic N) is 3. The minimum absolute atomic E-state index is 0.0587. The number of rotatable bonds is 5. The molecule has 0 radical (unpaired) electrons. The third kappa shape index (κ3) is 5.00. The van der Waals surface area contributed by atoms with E-state index in [0.29, 0.717) is 55.0 Å². The van der Waals surface area contributed by atoms with E-state index in [1.54, 1.807) is 36.4 Å². The molecule has 0 aromatic heterocycles. The number of carbonyl (C=O) groups is 2. The summed E-state index contributed by atoms with van der Waals surface area (Å²) in [6.45, 7) is 2.19. The highest BCUT2D eigenvalue weighted by molar-refractivity contribution is 6.06. The number of halogens is 1. The minimum atomic E-state index is -0.880. The maximum atomic E-state index is 14.1. The van der Waals surface area contributed by atoms with Crippen LogP contribution in [0.15, 0.2) is 47.5 Å². The molecule has 2 amide bonds. The molecule has 1 atom stereocenters. The molecular formula is C23H26FN5O4. The van der Waals surface area contributed by atoms with E-state index in [1.165, 1.54) is 20.3 Å². The first-order valence-electron chi connectivity index (χ1n) is 10.6. The number of benzene rings is 2. The quantitative estimate of drug-likeness (QED) is 0.715. The van der Waals surface area contributed by atoms with Gasteiger partial charge in [0.1, 0.15) is 23.4 Å². The SMILES string of the molecule is COc1ccc(OC)c(NC(=O)[C@@H]2CC(=O)NC(N3CCN(c4ccccc4F)CC3)=N2)c1. The molecule has 0 aliphatic carbocycles. The third-order valence-corrected chi connectivity index (χ3v) is 5.65. The van der Waals surface area contributed by atoms with Gasteiger partial charge in [-0.2, -0.15) is 0 Å². The number of amides is 2. The molecule has 33 heavy (non-hydrogen) atoms. The van der Waals surface area contributed by atoms with Crippen LogP contribution in [0.3, 0.4) is 0 Å². The lowest BCUT2D eigenvalue weighted by Crippen LogP contribution is -2.56. The third-order valence-electron chi connectivity index (χ3n) is 5.65. The highest BCUT2D eigenvalue weighted by Crippen LogP contribution is 2.29. The van der Waals surface area contributed by atoms with Crippen LogP contribution >= 0.6 is 0 Å². The van der Waals surface area contributed by atoms with Gasteiger partial charge in [0.15, 0.2) is 0 Å². The maximum absolute atomic E-state index is 14.1. The van der Waals surface area contributed by atoms with Gasteiger partial charge >= 0.3 is 0 Å². The van der Waals surface area contributed by atoms with Gasteiger partial charge in [0.05, 0.1) is 32.0 Å². The fraction of sp³-hybridized carbons (Fsp3) is 0.348. The van der Waals surface area contributed by atoms with Gasteiger partial charge in [-0.1, -0.05) is 12.1 Å². The zero-order chi connectivity index (χ0) is 23.4. The Balaban J connectivity index is 1.45. The molecule has 2 aromatic rings. The largest absolute Gasteiger partial charge is 0.497 e. The lowest BCUT2D eigenvalue weighted by Gasteiger charge is -2.38. The lowest BCUT2D eigenvalue weighted by atomic mass is 10.1. The van der Waals surface area contributed by atoms with Crippen molar-refractivity contribution in [2.75, 3.05) is 50.6 Å². The van der Waals surface area contributed by atoms with Crippen LogP contribution in [0.1, 0.15) is 6.42 Å². The zero-order valence-corrected chi connectivity index (χ0v) is 18.5. The molecule has 10 heteroatoms. The van der Waals surface area contributed by atoms with E-state index in [4.69, 9.17) is 9.47 Å². The predicted octanol–water partition coefficient (Wildman–Crippen LogP) is 1.85. The van der Waals surface area contributed by atoms with E-state index < -0.39 is 11.9 Å². The van der Waals surface area contributed by atoms with Crippen molar-refractivity contribution < 1.29 is 23.5 Å². The monoisotopic (exact) mass is 455 g/mol. The van der Waals surface area contributed by atoms with Crippen molar-refractivity contribution >= 4 is 29.1 Å². The topological polar surface area (TPSA) is 95.5 Å². The number of aliphatic imine (C=N–C) groups is 1. The smallest absolute Gasteiger partial charge is 0.249 e. The van der Waals surface area contributed by atoms with Crippen molar-refractivity contribution in [3.63, 3.8) is 0 Å². The van der Waals surface area contributed by atoms with Crippen LogP contribution in [-0.2, 0) is 9.59 Å². The van der Waals surface area contributed by atoms with Crippen LogP contribution in [0.4, 0.5) is 15.8 Å².